The summed E-state index contributed by atoms with van der Waals surface area (Å²) in [4.78, 5) is 73.9. The summed E-state index contributed by atoms with van der Waals surface area (Å²) < 4.78 is 11.9. The van der Waals surface area contributed by atoms with E-state index in [4.69, 9.17) is 15.2 Å². The van der Waals surface area contributed by atoms with Crippen molar-refractivity contribution in [1.82, 2.24) is 25.3 Å². The van der Waals surface area contributed by atoms with Gasteiger partial charge in [-0.3, -0.25) is 24.1 Å². The first-order chi connectivity index (χ1) is 28.4. The van der Waals surface area contributed by atoms with Crippen LogP contribution in [-0.2, 0) is 46.4 Å². The van der Waals surface area contributed by atoms with Crippen LogP contribution in [0.2, 0.25) is 0 Å². The normalized spacial score (nSPS) is 18.3. The lowest BCUT2D eigenvalue weighted by Crippen LogP contribution is -2.60. The minimum Gasteiger partial charge on any atom is -0.480 e. The van der Waals surface area contributed by atoms with Crippen LogP contribution in [0.4, 0.5) is 5.69 Å². The molecule has 4 amide bonds. The number of hydrogen-bond acceptors (Lipinski definition) is 9. The van der Waals surface area contributed by atoms with Gasteiger partial charge in [-0.25, -0.2) is 4.79 Å². The molecule has 14 heteroatoms. The van der Waals surface area contributed by atoms with Crippen LogP contribution >= 0.6 is 0 Å². The second-order valence-corrected chi connectivity index (χ2v) is 17.3. The number of carbonyl (C=O) groups is 5. The van der Waals surface area contributed by atoms with Crippen LogP contribution in [0.5, 0.6) is 0 Å². The van der Waals surface area contributed by atoms with Gasteiger partial charge in [0.2, 0.25) is 23.6 Å². The van der Waals surface area contributed by atoms with Crippen molar-refractivity contribution in [2.75, 3.05) is 40.6 Å². The Bertz CT molecular complexity index is 1710. The number of likely N-dealkylation sites (tertiary alicyclic amines) is 1. The highest BCUT2D eigenvalue weighted by molar-refractivity contribution is 5.90. The number of carboxylic acid groups (broad SMARTS) is 1. The zero-order chi connectivity index (χ0) is 44.8. The fourth-order valence-corrected chi connectivity index (χ4v) is 8.72. The van der Waals surface area contributed by atoms with Gasteiger partial charge in [0.05, 0.1) is 42.7 Å². The monoisotopic (exact) mass is 837 g/mol. The fraction of sp³-hybridized carbons (Fsp3) is 0.630. The lowest BCUT2D eigenvalue weighted by atomic mass is 9.89. The second-order valence-electron chi connectivity index (χ2n) is 17.3. The van der Waals surface area contributed by atoms with Crippen LogP contribution in [0.3, 0.4) is 0 Å². The van der Waals surface area contributed by atoms with Crippen LogP contribution < -0.4 is 16.4 Å². The number of aliphatic carboxylic acids is 1. The van der Waals surface area contributed by atoms with E-state index in [1.807, 2.05) is 108 Å². The molecule has 0 spiro atoms. The Balaban J connectivity index is 1.78. The van der Waals surface area contributed by atoms with Gasteiger partial charge in [-0.05, 0) is 60.9 Å². The van der Waals surface area contributed by atoms with Gasteiger partial charge in [-0.15, -0.1) is 0 Å². The third-order valence-electron chi connectivity index (χ3n) is 12.1. The van der Waals surface area contributed by atoms with E-state index in [9.17, 15) is 29.1 Å². The molecule has 0 aliphatic carbocycles. The van der Waals surface area contributed by atoms with Crippen LogP contribution in [-0.4, -0.2) is 127 Å². The molecule has 3 rings (SSSR count). The van der Waals surface area contributed by atoms with Crippen LogP contribution in [0.25, 0.3) is 0 Å². The Kier molecular flexibility index (Phi) is 19.5. The highest BCUT2D eigenvalue weighted by atomic mass is 16.5. The number of hydrogen-bond donors (Lipinski definition) is 4. The molecule has 5 N–H and O–H groups in total. The summed E-state index contributed by atoms with van der Waals surface area (Å²) in [5.74, 6) is -3.48. The smallest absolute Gasteiger partial charge is 0.326 e. The van der Waals surface area contributed by atoms with E-state index >= 15 is 0 Å². The molecule has 334 valence electrons. The van der Waals surface area contributed by atoms with E-state index in [-0.39, 0.29) is 48.3 Å². The van der Waals surface area contributed by atoms with E-state index in [1.165, 1.54) is 14.2 Å². The number of nitrogens with one attached hydrogen (secondary N) is 2. The number of likely N-dealkylation sites (N-methyl/N-ethyl adjacent to an activating group) is 2. The zero-order valence-corrected chi connectivity index (χ0v) is 37.7. The first kappa shape index (κ1) is 49.8. The number of methoxy groups -OCH3 is 2. The quantitative estimate of drug-likeness (QED) is 0.116. The number of rotatable bonds is 23. The molecule has 0 aromatic heterocycles. The molecular formula is C46H72N6O8. The number of ether oxygens (including phenoxy) is 2. The van der Waals surface area contributed by atoms with Crippen molar-refractivity contribution < 1.29 is 38.6 Å². The zero-order valence-electron chi connectivity index (χ0n) is 37.7. The molecule has 9 atom stereocenters. The van der Waals surface area contributed by atoms with E-state index in [0.29, 0.717) is 38.0 Å². The molecule has 1 aliphatic rings. The molecule has 2 aromatic rings. The van der Waals surface area contributed by atoms with E-state index < -0.39 is 60.2 Å². The second kappa shape index (κ2) is 23.5. The molecule has 0 unspecified atom stereocenters. The number of anilines is 1. The third-order valence-corrected chi connectivity index (χ3v) is 12.1. The molecule has 1 heterocycles. The molecule has 0 radical (unpaired) electrons. The van der Waals surface area contributed by atoms with Crippen molar-refractivity contribution in [1.29, 1.82) is 0 Å². The van der Waals surface area contributed by atoms with Gasteiger partial charge in [0.1, 0.15) is 12.1 Å². The number of nitrogens with zero attached hydrogens (tertiary/aromatic N) is 3. The Morgan fingerprint density at radius 3 is 2.08 bits per heavy atom. The summed E-state index contributed by atoms with van der Waals surface area (Å²) in [6, 6.07) is 13.2. The van der Waals surface area contributed by atoms with Crippen molar-refractivity contribution in [3.05, 3.63) is 65.7 Å². The van der Waals surface area contributed by atoms with Gasteiger partial charge >= 0.3 is 5.97 Å². The first-order valence-corrected chi connectivity index (χ1v) is 21.4. The maximum absolute atomic E-state index is 14.5. The molecule has 2 aromatic carbocycles. The maximum atomic E-state index is 14.5. The SMILES string of the molecule is CC[C@H](C)[C@@H]([C@@H](CC(=O)N1CCC[C@H]1[C@H](OC)[C@@H](C)C(=O)N[C@@H](Cc1ccccc1)C(=O)O)OC)N(C)C(=O)[C@@H](NC(=O)[C@H](C(C)C)N(C)Cc1cccc(N)c1)C(C)C. The third kappa shape index (κ3) is 13.2. The summed E-state index contributed by atoms with van der Waals surface area (Å²) >= 11 is 0. The summed E-state index contributed by atoms with van der Waals surface area (Å²) in [5.41, 5.74) is 8.42. The van der Waals surface area contributed by atoms with Crippen molar-refractivity contribution >= 4 is 35.3 Å². The summed E-state index contributed by atoms with van der Waals surface area (Å²) in [7, 11) is 6.64. The predicted molar refractivity (Wildman–Crippen MR) is 234 cm³/mol. The van der Waals surface area contributed by atoms with Gasteiger partial charge in [0.25, 0.3) is 0 Å². The van der Waals surface area contributed by atoms with Crippen molar-refractivity contribution in [2.24, 2.45) is 23.7 Å². The molecule has 1 aliphatic heterocycles. The average molecular weight is 837 g/mol. The van der Waals surface area contributed by atoms with Gasteiger partial charge in [0.15, 0.2) is 0 Å². The molecule has 60 heavy (non-hydrogen) atoms. The van der Waals surface area contributed by atoms with Crippen molar-refractivity contribution in [3.8, 4) is 0 Å². The molecule has 0 saturated carbocycles. The Morgan fingerprint density at radius 2 is 1.53 bits per heavy atom. The van der Waals surface area contributed by atoms with Crippen molar-refractivity contribution in [3.63, 3.8) is 0 Å². The number of carboxylic acids is 1. The minimum absolute atomic E-state index is 0.0300. The standard InChI is InChI=1S/C46H72N6O8/c1-12-30(6)41(51(9)45(56)39(28(2)3)49-44(55)40(29(4)5)50(8)27-33-20-16-21-34(47)24-33)37(59-10)26-38(53)52-23-17-22-36(52)42(60-11)31(7)43(54)48-35(46(57)58)25-32-18-14-13-15-19-32/h13-16,18-21,24,28-31,35-37,39-42H,12,17,22-23,25-27,47H2,1-11H3,(H,48,54)(H,49,55)(H,57,58)/t30-,31+,35-,36-,37+,39-,40-,41-,42+/m0/s1. The molecular weight excluding hydrogens is 765 g/mol. The lowest BCUT2D eigenvalue weighted by molar-refractivity contribution is -0.148. The topological polar surface area (TPSA) is 184 Å². The van der Waals surface area contributed by atoms with E-state index in [0.717, 1.165) is 11.1 Å². The van der Waals surface area contributed by atoms with Gasteiger partial charge in [0, 0.05) is 46.5 Å². The number of amides is 4. The molecule has 0 bridgehead atoms. The van der Waals surface area contributed by atoms with Gasteiger partial charge in [-0.2, -0.15) is 0 Å². The Labute approximate surface area is 357 Å². The summed E-state index contributed by atoms with van der Waals surface area (Å²) in [6.07, 6.45) is 0.703. The van der Waals surface area contributed by atoms with Crippen LogP contribution in [0, 0.1) is 23.7 Å². The van der Waals surface area contributed by atoms with Crippen molar-refractivity contribution in [2.45, 2.75) is 130 Å². The van der Waals surface area contributed by atoms with E-state index in [1.54, 1.807) is 23.8 Å². The highest BCUT2D eigenvalue weighted by Gasteiger charge is 2.43. The number of carbonyl (C=O) groups excluding carboxylic acids is 4. The fourth-order valence-electron chi connectivity index (χ4n) is 8.72. The average Bonchev–Trinajstić information content (AvgIpc) is 3.69. The van der Waals surface area contributed by atoms with Crippen LogP contribution in [0.15, 0.2) is 54.6 Å². The minimum atomic E-state index is -1.14. The number of nitrogen functional groups attached to an aromatic ring is 1. The van der Waals surface area contributed by atoms with Crippen LogP contribution in [0.1, 0.15) is 85.3 Å². The predicted octanol–water partition coefficient (Wildman–Crippen LogP) is 4.60. The number of benzene rings is 2. The maximum Gasteiger partial charge on any atom is 0.326 e. The largest absolute Gasteiger partial charge is 0.480 e. The highest BCUT2D eigenvalue weighted by Crippen LogP contribution is 2.30. The van der Waals surface area contributed by atoms with Gasteiger partial charge in [-0.1, -0.05) is 97.4 Å². The number of nitrogens with two attached hydrogens (primary N) is 1. The summed E-state index contributed by atoms with van der Waals surface area (Å²) in [5, 5.41) is 15.7. The van der Waals surface area contributed by atoms with Gasteiger partial charge < -0.3 is 40.7 Å². The van der Waals surface area contributed by atoms with E-state index in [2.05, 4.69) is 10.6 Å². The molecule has 14 nitrogen and oxygen atoms in total. The first-order valence-electron chi connectivity index (χ1n) is 21.4. The summed E-state index contributed by atoms with van der Waals surface area (Å²) in [6.45, 7) is 14.5. The molecule has 1 fully saturated rings. The molecule has 1 saturated heterocycles. The lowest BCUT2D eigenvalue weighted by Gasteiger charge is -2.41. The Morgan fingerprint density at radius 1 is 0.883 bits per heavy atom. The Hall–Kier alpha value is -4.53.